The van der Waals surface area contributed by atoms with Crippen molar-refractivity contribution in [2.75, 3.05) is 38.2 Å². The van der Waals surface area contributed by atoms with E-state index in [-0.39, 0.29) is 12.0 Å². The zero-order valence-corrected chi connectivity index (χ0v) is 14.7. The van der Waals surface area contributed by atoms with Crippen LogP contribution in [0.2, 0.25) is 0 Å². The smallest absolute Gasteiger partial charge is 0.337 e. The van der Waals surface area contributed by atoms with Crippen molar-refractivity contribution in [3.05, 3.63) is 59.9 Å². The molecule has 0 bridgehead atoms. The molecular weight excluding hydrogens is 332 g/mol. The quantitative estimate of drug-likeness (QED) is 0.849. The van der Waals surface area contributed by atoms with Gasteiger partial charge in [-0.15, -0.1) is 0 Å². The summed E-state index contributed by atoms with van der Waals surface area (Å²) in [6.07, 6.45) is 3.46. The van der Waals surface area contributed by atoms with Crippen molar-refractivity contribution in [3.8, 4) is 0 Å². The molecule has 1 aliphatic rings. The van der Waals surface area contributed by atoms with Gasteiger partial charge in [-0.2, -0.15) is 0 Å². The molecule has 7 heteroatoms. The number of amides is 2. The van der Waals surface area contributed by atoms with Gasteiger partial charge in [-0.3, -0.25) is 4.98 Å². The molecule has 0 spiro atoms. The topological polar surface area (TPSA) is 74.8 Å². The van der Waals surface area contributed by atoms with Gasteiger partial charge >= 0.3 is 12.0 Å². The molecule has 2 heterocycles. The molecule has 1 aromatic carbocycles. The second kappa shape index (κ2) is 8.33. The fourth-order valence-electron chi connectivity index (χ4n) is 2.89. The minimum absolute atomic E-state index is 0.0606. The van der Waals surface area contributed by atoms with E-state index < -0.39 is 0 Å². The first-order chi connectivity index (χ1) is 12.7. The first-order valence-electron chi connectivity index (χ1n) is 8.52. The van der Waals surface area contributed by atoms with Crippen LogP contribution < -0.4 is 10.2 Å². The number of piperazine rings is 1. The standard InChI is InChI=1S/C19H22N4O3/c1-26-18(24)16-4-6-17(7-5-16)22-9-11-23(12-10-22)19(25)21-14-15-3-2-8-20-13-15/h2-8,13H,9-12,14H2,1H3,(H,21,25). The van der Waals surface area contributed by atoms with Crippen LogP contribution >= 0.6 is 0 Å². The van der Waals surface area contributed by atoms with Crippen LogP contribution in [0.4, 0.5) is 10.5 Å². The molecule has 7 nitrogen and oxygen atoms in total. The number of anilines is 1. The van der Waals surface area contributed by atoms with Crippen LogP contribution in [0, 0.1) is 0 Å². The van der Waals surface area contributed by atoms with Crippen molar-refractivity contribution in [1.29, 1.82) is 0 Å². The van der Waals surface area contributed by atoms with Gasteiger partial charge in [0.2, 0.25) is 0 Å². The Kier molecular flexibility index (Phi) is 5.68. The van der Waals surface area contributed by atoms with Crippen molar-refractivity contribution in [2.45, 2.75) is 6.54 Å². The zero-order valence-electron chi connectivity index (χ0n) is 14.7. The van der Waals surface area contributed by atoms with E-state index in [0.29, 0.717) is 25.2 Å². The number of methoxy groups -OCH3 is 1. The Bertz CT molecular complexity index is 741. The van der Waals surface area contributed by atoms with E-state index in [2.05, 4.69) is 15.2 Å². The Balaban J connectivity index is 1.49. The lowest BCUT2D eigenvalue weighted by atomic mass is 10.2. The highest BCUT2D eigenvalue weighted by Crippen LogP contribution is 2.18. The molecule has 1 fully saturated rings. The Labute approximate surface area is 152 Å². The van der Waals surface area contributed by atoms with Gasteiger partial charge in [-0.25, -0.2) is 9.59 Å². The van der Waals surface area contributed by atoms with E-state index >= 15 is 0 Å². The average molecular weight is 354 g/mol. The predicted octanol–water partition coefficient (Wildman–Crippen LogP) is 1.90. The number of esters is 1. The van der Waals surface area contributed by atoms with Crippen LogP contribution in [0.25, 0.3) is 0 Å². The second-order valence-corrected chi connectivity index (χ2v) is 6.03. The highest BCUT2D eigenvalue weighted by Gasteiger charge is 2.21. The van der Waals surface area contributed by atoms with Crippen LogP contribution in [0.15, 0.2) is 48.8 Å². The van der Waals surface area contributed by atoms with Crippen LogP contribution in [-0.4, -0.2) is 55.2 Å². The van der Waals surface area contributed by atoms with Gasteiger partial charge in [0, 0.05) is 50.8 Å². The molecule has 1 aliphatic heterocycles. The normalized spacial score (nSPS) is 14.0. The van der Waals surface area contributed by atoms with E-state index in [9.17, 15) is 9.59 Å². The van der Waals surface area contributed by atoms with Gasteiger partial charge in [0.05, 0.1) is 12.7 Å². The maximum absolute atomic E-state index is 12.3. The van der Waals surface area contributed by atoms with Crippen LogP contribution in [-0.2, 0) is 11.3 Å². The minimum atomic E-state index is -0.341. The first kappa shape index (κ1) is 17.7. The lowest BCUT2D eigenvalue weighted by molar-refractivity contribution is 0.0600. The van der Waals surface area contributed by atoms with Gasteiger partial charge in [0.15, 0.2) is 0 Å². The van der Waals surface area contributed by atoms with E-state index in [1.54, 1.807) is 24.5 Å². The Morgan fingerprint density at radius 1 is 1.12 bits per heavy atom. The number of nitrogens with one attached hydrogen (secondary N) is 1. The first-order valence-corrected chi connectivity index (χ1v) is 8.52. The molecular formula is C19H22N4O3. The molecule has 3 rings (SSSR count). The number of aromatic nitrogens is 1. The average Bonchev–Trinajstić information content (AvgIpc) is 2.72. The molecule has 0 aliphatic carbocycles. The molecule has 136 valence electrons. The fourth-order valence-corrected chi connectivity index (χ4v) is 2.89. The maximum Gasteiger partial charge on any atom is 0.337 e. The summed E-state index contributed by atoms with van der Waals surface area (Å²) in [6.45, 7) is 3.27. The van der Waals surface area contributed by atoms with Crippen molar-refractivity contribution < 1.29 is 14.3 Å². The van der Waals surface area contributed by atoms with Crippen molar-refractivity contribution in [2.24, 2.45) is 0 Å². The molecule has 0 saturated carbocycles. The summed E-state index contributed by atoms with van der Waals surface area (Å²) < 4.78 is 4.71. The van der Waals surface area contributed by atoms with E-state index in [1.165, 1.54) is 7.11 Å². The molecule has 0 unspecified atom stereocenters. The van der Waals surface area contributed by atoms with Gasteiger partial charge in [-0.1, -0.05) is 6.07 Å². The van der Waals surface area contributed by atoms with Crippen molar-refractivity contribution in [1.82, 2.24) is 15.2 Å². The summed E-state index contributed by atoms with van der Waals surface area (Å²) in [7, 11) is 1.37. The number of ether oxygens (including phenoxy) is 1. The highest BCUT2D eigenvalue weighted by atomic mass is 16.5. The molecule has 0 atom stereocenters. The second-order valence-electron chi connectivity index (χ2n) is 6.03. The van der Waals surface area contributed by atoms with Crippen LogP contribution in [0.3, 0.4) is 0 Å². The van der Waals surface area contributed by atoms with Crippen molar-refractivity contribution in [3.63, 3.8) is 0 Å². The molecule has 0 radical (unpaired) electrons. The summed E-state index contributed by atoms with van der Waals surface area (Å²) in [5.41, 5.74) is 2.54. The number of urea groups is 1. The van der Waals surface area contributed by atoms with Crippen molar-refractivity contribution >= 4 is 17.7 Å². The third-order valence-electron chi connectivity index (χ3n) is 4.39. The monoisotopic (exact) mass is 354 g/mol. The summed E-state index contributed by atoms with van der Waals surface area (Å²) in [4.78, 5) is 31.8. The molecule has 1 N–H and O–H groups in total. The third-order valence-corrected chi connectivity index (χ3v) is 4.39. The largest absolute Gasteiger partial charge is 0.465 e. The SMILES string of the molecule is COC(=O)c1ccc(N2CCN(C(=O)NCc3cccnc3)CC2)cc1. The summed E-state index contributed by atoms with van der Waals surface area (Å²) in [6, 6.07) is 11.1. The molecule has 2 aromatic rings. The fraction of sp³-hybridized carbons (Fsp3) is 0.316. The summed E-state index contributed by atoms with van der Waals surface area (Å²) in [5.74, 6) is -0.341. The summed E-state index contributed by atoms with van der Waals surface area (Å²) in [5, 5.41) is 2.93. The number of hydrogen-bond acceptors (Lipinski definition) is 5. The number of rotatable bonds is 4. The maximum atomic E-state index is 12.3. The van der Waals surface area contributed by atoms with E-state index in [0.717, 1.165) is 24.3 Å². The van der Waals surface area contributed by atoms with Crippen LogP contribution in [0.5, 0.6) is 0 Å². The molecule has 1 saturated heterocycles. The predicted molar refractivity (Wildman–Crippen MR) is 98.0 cm³/mol. The number of carbonyl (C=O) groups excluding carboxylic acids is 2. The highest BCUT2D eigenvalue weighted by molar-refractivity contribution is 5.89. The number of carbonyl (C=O) groups is 2. The summed E-state index contributed by atoms with van der Waals surface area (Å²) >= 11 is 0. The number of benzene rings is 1. The minimum Gasteiger partial charge on any atom is -0.465 e. The van der Waals surface area contributed by atoms with Gasteiger partial charge in [0.1, 0.15) is 0 Å². The molecule has 26 heavy (non-hydrogen) atoms. The molecule has 1 aromatic heterocycles. The lowest BCUT2D eigenvalue weighted by Gasteiger charge is -2.36. The zero-order chi connectivity index (χ0) is 18.4. The van der Waals surface area contributed by atoms with E-state index in [4.69, 9.17) is 4.74 Å². The third kappa shape index (κ3) is 4.30. The van der Waals surface area contributed by atoms with Gasteiger partial charge < -0.3 is 19.9 Å². The number of hydrogen-bond donors (Lipinski definition) is 1. The molecule has 2 amide bonds. The van der Waals surface area contributed by atoms with Gasteiger partial charge in [-0.05, 0) is 35.9 Å². The Morgan fingerprint density at radius 3 is 2.46 bits per heavy atom. The lowest BCUT2D eigenvalue weighted by Crippen LogP contribution is -2.51. The van der Waals surface area contributed by atoms with E-state index in [1.807, 2.05) is 29.2 Å². The van der Waals surface area contributed by atoms with Crippen LogP contribution in [0.1, 0.15) is 15.9 Å². The number of pyridine rings is 1. The Hall–Kier alpha value is -3.09. The Morgan fingerprint density at radius 2 is 1.85 bits per heavy atom. The van der Waals surface area contributed by atoms with Gasteiger partial charge in [0.25, 0.3) is 0 Å². The number of nitrogens with zero attached hydrogens (tertiary/aromatic N) is 3.